The third kappa shape index (κ3) is 4.06. The number of benzene rings is 2. The van der Waals surface area contributed by atoms with Crippen molar-refractivity contribution in [2.24, 2.45) is 5.92 Å². The van der Waals surface area contributed by atoms with Gasteiger partial charge in [0.1, 0.15) is 5.82 Å². The van der Waals surface area contributed by atoms with E-state index < -0.39 is 0 Å². The molecule has 3 aromatic rings. The molecule has 0 radical (unpaired) electrons. The second kappa shape index (κ2) is 8.31. The lowest BCUT2D eigenvalue weighted by molar-refractivity contribution is -0.114. The third-order valence-corrected chi connectivity index (χ3v) is 6.50. The zero-order valence-electron chi connectivity index (χ0n) is 18.3. The Balaban J connectivity index is 1.40. The normalized spacial score (nSPS) is 19.0. The van der Waals surface area contributed by atoms with Gasteiger partial charge in [0.2, 0.25) is 5.91 Å². The topological polar surface area (TPSA) is 71.4 Å². The number of aromatic nitrogens is 1. The highest BCUT2D eigenvalue weighted by atomic mass is 19.1. The number of amides is 2. The standard InChI is InChI=1S/C26H24FN3O3/c1-16(31)28-22-8-4-18(5-9-22)23-10-11-24-20-12-17(14-30(24)26(23)33)13-29(15-20)25(32)19-2-6-21(27)7-3-19/h2-11,17,20H,12-15H2,1H3,(H,28,31). The molecular formula is C26H24FN3O3. The van der Waals surface area contributed by atoms with Crippen LogP contribution in [0.3, 0.4) is 0 Å². The summed E-state index contributed by atoms with van der Waals surface area (Å²) in [4.78, 5) is 39.4. The van der Waals surface area contributed by atoms with Gasteiger partial charge in [-0.25, -0.2) is 4.39 Å². The van der Waals surface area contributed by atoms with Crippen LogP contribution in [0.5, 0.6) is 0 Å². The second-order valence-electron chi connectivity index (χ2n) is 8.86. The number of carbonyl (C=O) groups is 2. The molecule has 1 saturated heterocycles. The average molecular weight is 445 g/mol. The number of piperidine rings is 1. The summed E-state index contributed by atoms with van der Waals surface area (Å²) in [5.41, 5.74) is 3.50. The fourth-order valence-corrected chi connectivity index (χ4v) is 5.04. The number of carbonyl (C=O) groups excluding carboxylic acids is 2. The summed E-state index contributed by atoms with van der Waals surface area (Å²) in [5.74, 6) is -0.330. The Kier molecular flexibility index (Phi) is 5.32. The molecule has 2 aliphatic rings. The van der Waals surface area contributed by atoms with Crippen LogP contribution < -0.4 is 10.9 Å². The van der Waals surface area contributed by atoms with E-state index in [4.69, 9.17) is 0 Å². The summed E-state index contributed by atoms with van der Waals surface area (Å²) in [7, 11) is 0. The molecule has 2 amide bonds. The van der Waals surface area contributed by atoms with Crippen LogP contribution in [-0.4, -0.2) is 34.4 Å². The van der Waals surface area contributed by atoms with E-state index in [1.54, 1.807) is 12.1 Å². The van der Waals surface area contributed by atoms with Gasteiger partial charge in [-0.2, -0.15) is 0 Å². The minimum absolute atomic E-state index is 0.0345. The van der Waals surface area contributed by atoms with Gasteiger partial charge in [-0.1, -0.05) is 12.1 Å². The van der Waals surface area contributed by atoms with E-state index in [2.05, 4.69) is 5.32 Å². The van der Waals surface area contributed by atoms with E-state index in [1.165, 1.54) is 31.2 Å². The van der Waals surface area contributed by atoms with Gasteiger partial charge < -0.3 is 14.8 Å². The minimum atomic E-state index is -0.365. The van der Waals surface area contributed by atoms with Crippen LogP contribution >= 0.6 is 0 Å². The maximum absolute atomic E-state index is 13.4. The third-order valence-electron chi connectivity index (χ3n) is 6.50. The highest BCUT2D eigenvalue weighted by molar-refractivity contribution is 5.94. The van der Waals surface area contributed by atoms with Gasteiger partial charge in [0.15, 0.2) is 0 Å². The number of fused-ring (bicyclic) bond motifs is 4. The second-order valence-corrected chi connectivity index (χ2v) is 8.86. The van der Waals surface area contributed by atoms with Crippen molar-refractivity contribution in [3.8, 4) is 11.1 Å². The molecule has 33 heavy (non-hydrogen) atoms. The molecule has 3 heterocycles. The molecule has 2 atom stereocenters. The molecule has 1 aromatic heterocycles. The molecule has 1 fully saturated rings. The van der Waals surface area contributed by atoms with Crippen LogP contribution in [0.15, 0.2) is 65.5 Å². The first-order valence-corrected chi connectivity index (χ1v) is 11.1. The van der Waals surface area contributed by atoms with Crippen molar-refractivity contribution in [3.05, 3.63) is 88.1 Å². The molecule has 2 unspecified atom stereocenters. The number of pyridine rings is 1. The predicted octanol–water partition coefficient (Wildman–Crippen LogP) is 3.87. The average Bonchev–Trinajstić information content (AvgIpc) is 2.80. The van der Waals surface area contributed by atoms with Crippen molar-refractivity contribution < 1.29 is 14.0 Å². The zero-order valence-corrected chi connectivity index (χ0v) is 18.3. The molecular weight excluding hydrogens is 421 g/mol. The monoisotopic (exact) mass is 445 g/mol. The maximum atomic E-state index is 13.4. The molecule has 1 N–H and O–H groups in total. The zero-order chi connectivity index (χ0) is 23.1. The van der Waals surface area contributed by atoms with Crippen LogP contribution in [-0.2, 0) is 11.3 Å². The Morgan fingerprint density at radius 3 is 2.36 bits per heavy atom. The largest absolute Gasteiger partial charge is 0.338 e. The van der Waals surface area contributed by atoms with Gasteiger partial charge in [0, 0.05) is 55.0 Å². The number of rotatable bonds is 3. The van der Waals surface area contributed by atoms with Crippen LogP contribution in [0, 0.1) is 11.7 Å². The highest BCUT2D eigenvalue weighted by Gasteiger charge is 2.37. The Bertz CT molecular complexity index is 1280. The number of hydrogen-bond donors (Lipinski definition) is 1. The summed E-state index contributed by atoms with van der Waals surface area (Å²) in [6.07, 6.45) is 0.942. The Hall–Kier alpha value is -3.74. The quantitative estimate of drug-likeness (QED) is 0.665. The Labute approximate surface area is 190 Å². The number of nitrogens with zero attached hydrogens (tertiary/aromatic N) is 2. The van der Waals surface area contributed by atoms with Gasteiger partial charge in [-0.15, -0.1) is 0 Å². The lowest BCUT2D eigenvalue weighted by Crippen LogP contribution is -2.49. The van der Waals surface area contributed by atoms with E-state index in [9.17, 15) is 18.8 Å². The van der Waals surface area contributed by atoms with Crippen LogP contribution in [0.1, 0.15) is 35.3 Å². The van der Waals surface area contributed by atoms with E-state index in [1.807, 2.05) is 33.7 Å². The SMILES string of the molecule is CC(=O)Nc1ccc(-c2ccc3n(c2=O)CC2CC3CN(C(=O)c3ccc(F)cc3)C2)cc1. The van der Waals surface area contributed by atoms with Gasteiger partial charge in [0.25, 0.3) is 11.5 Å². The predicted molar refractivity (Wildman–Crippen MR) is 124 cm³/mol. The molecule has 2 aromatic carbocycles. The molecule has 5 rings (SSSR count). The van der Waals surface area contributed by atoms with Gasteiger partial charge in [-0.3, -0.25) is 14.4 Å². The summed E-state index contributed by atoms with van der Waals surface area (Å²) in [6.45, 7) is 3.13. The fourth-order valence-electron chi connectivity index (χ4n) is 5.04. The molecule has 2 aliphatic heterocycles. The minimum Gasteiger partial charge on any atom is -0.338 e. The van der Waals surface area contributed by atoms with Crippen molar-refractivity contribution in [2.75, 3.05) is 18.4 Å². The number of anilines is 1. The lowest BCUT2D eigenvalue weighted by Gasteiger charge is -2.43. The Morgan fingerprint density at radius 2 is 1.67 bits per heavy atom. The van der Waals surface area contributed by atoms with Crippen molar-refractivity contribution in [1.29, 1.82) is 0 Å². The molecule has 0 spiro atoms. The van der Waals surface area contributed by atoms with Crippen LogP contribution in [0.4, 0.5) is 10.1 Å². The Morgan fingerprint density at radius 1 is 0.939 bits per heavy atom. The van der Waals surface area contributed by atoms with Crippen molar-refractivity contribution in [1.82, 2.24) is 9.47 Å². The van der Waals surface area contributed by atoms with Crippen molar-refractivity contribution in [3.63, 3.8) is 0 Å². The van der Waals surface area contributed by atoms with E-state index in [0.29, 0.717) is 36.4 Å². The molecule has 6 nitrogen and oxygen atoms in total. The van der Waals surface area contributed by atoms with Gasteiger partial charge >= 0.3 is 0 Å². The maximum Gasteiger partial charge on any atom is 0.258 e. The molecule has 0 aliphatic carbocycles. The fraction of sp³-hybridized carbons (Fsp3) is 0.269. The molecule has 2 bridgehead atoms. The number of hydrogen-bond acceptors (Lipinski definition) is 3. The van der Waals surface area contributed by atoms with Crippen molar-refractivity contribution in [2.45, 2.75) is 25.8 Å². The van der Waals surface area contributed by atoms with Crippen molar-refractivity contribution >= 4 is 17.5 Å². The van der Waals surface area contributed by atoms with E-state index in [-0.39, 0.29) is 35.0 Å². The number of likely N-dealkylation sites (tertiary alicyclic amines) is 1. The smallest absolute Gasteiger partial charge is 0.258 e. The lowest BCUT2D eigenvalue weighted by atomic mass is 9.82. The summed E-state index contributed by atoms with van der Waals surface area (Å²) in [5, 5.41) is 2.73. The summed E-state index contributed by atoms with van der Waals surface area (Å²) < 4.78 is 15.1. The first kappa shape index (κ1) is 21.1. The highest BCUT2D eigenvalue weighted by Crippen LogP contribution is 2.36. The van der Waals surface area contributed by atoms with E-state index in [0.717, 1.165) is 17.7 Å². The van der Waals surface area contributed by atoms with E-state index >= 15 is 0 Å². The van der Waals surface area contributed by atoms with Gasteiger partial charge in [-0.05, 0) is 66.4 Å². The molecule has 168 valence electrons. The van der Waals surface area contributed by atoms with Gasteiger partial charge in [0.05, 0.1) is 0 Å². The first-order valence-electron chi connectivity index (χ1n) is 11.1. The summed E-state index contributed by atoms with van der Waals surface area (Å²) in [6, 6.07) is 16.7. The number of halogens is 1. The molecule has 7 heteroatoms. The molecule has 0 saturated carbocycles. The summed E-state index contributed by atoms with van der Waals surface area (Å²) >= 11 is 0. The van der Waals surface area contributed by atoms with Crippen LogP contribution in [0.2, 0.25) is 0 Å². The first-order chi connectivity index (χ1) is 15.9. The number of nitrogens with one attached hydrogen (secondary N) is 1. The van der Waals surface area contributed by atoms with Crippen LogP contribution in [0.25, 0.3) is 11.1 Å².